The van der Waals surface area contributed by atoms with Crippen molar-refractivity contribution in [2.45, 2.75) is 27.2 Å². The maximum Gasteiger partial charge on any atom is 0.349 e. The van der Waals surface area contributed by atoms with Crippen LogP contribution >= 0.6 is 11.6 Å². The smallest absolute Gasteiger partial charge is 0.349 e. The molecule has 0 bridgehead atoms. The van der Waals surface area contributed by atoms with Crippen LogP contribution in [0.15, 0.2) is 38.6 Å². The molecule has 2 N–H and O–H groups in total. The highest BCUT2D eigenvalue weighted by molar-refractivity contribution is 6.32. The second-order valence-corrected chi connectivity index (χ2v) is 8.05. The Labute approximate surface area is 174 Å². The molecule has 1 aromatic carbocycles. The zero-order valence-corrected chi connectivity index (χ0v) is 17.1. The molecule has 2 heterocycles. The lowest BCUT2D eigenvalue weighted by atomic mass is 9.89. The Bertz CT molecular complexity index is 1330. The second kappa shape index (κ2) is 7.96. The summed E-state index contributed by atoms with van der Waals surface area (Å²) in [5.74, 6) is 0.370. The van der Waals surface area contributed by atoms with Crippen LogP contribution in [-0.2, 0) is 6.42 Å². The Kier molecular flexibility index (Phi) is 5.58. The van der Waals surface area contributed by atoms with Crippen molar-refractivity contribution >= 4 is 11.6 Å². The van der Waals surface area contributed by atoms with Crippen LogP contribution in [0.25, 0.3) is 5.69 Å². The quantitative estimate of drug-likeness (QED) is 0.645. The molecular formula is C19H17ClN6O4. The molecule has 2 aromatic heterocycles. The van der Waals surface area contributed by atoms with Crippen LogP contribution in [-0.4, -0.2) is 25.0 Å². The van der Waals surface area contributed by atoms with Crippen LogP contribution in [0.1, 0.15) is 32.0 Å². The molecule has 0 spiro atoms. The van der Waals surface area contributed by atoms with Crippen molar-refractivity contribution < 1.29 is 4.74 Å². The molecule has 11 heteroatoms. The van der Waals surface area contributed by atoms with E-state index in [0.29, 0.717) is 12.0 Å². The number of hydrogen-bond donors (Lipinski definition) is 2. The largest absolute Gasteiger partial charge is 0.436 e. The maximum absolute atomic E-state index is 12.0. The summed E-state index contributed by atoms with van der Waals surface area (Å²) in [6.45, 7) is 6.02. The van der Waals surface area contributed by atoms with E-state index in [9.17, 15) is 14.4 Å². The van der Waals surface area contributed by atoms with E-state index in [1.807, 2.05) is 25.8 Å². The molecule has 0 amide bonds. The van der Waals surface area contributed by atoms with Gasteiger partial charge in [-0.2, -0.15) is 9.94 Å². The van der Waals surface area contributed by atoms with E-state index in [2.05, 4.69) is 15.3 Å². The Morgan fingerprint density at radius 3 is 2.57 bits per heavy atom. The summed E-state index contributed by atoms with van der Waals surface area (Å²) in [6.07, 6.45) is 0.524. The first-order valence-corrected chi connectivity index (χ1v) is 9.15. The average molecular weight is 429 g/mol. The minimum Gasteiger partial charge on any atom is -0.436 e. The van der Waals surface area contributed by atoms with Gasteiger partial charge in [0.25, 0.3) is 11.1 Å². The number of aromatic nitrogens is 5. The summed E-state index contributed by atoms with van der Waals surface area (Å²) in [5.41, 5.74) is -1.83. The predicted octanol–water partition coefficient (Wildman–Crippen LogP) is 1.91. The number of nitrogens with zero attached hydrogens (tertiary/aromatic N) is 4. The minimum absolute atomic E-state index is 0.107. The van der Waals surface area contributed by atoms with Gasteiger partial charge in [0.15, 0.2) is 0 Å². The Hall–Kier alpha value is -3.71. The lowest BCUT2D eigenvalue weighted by molar-refractivity contribution is 0.404. The lowest BCUT2D eigenvalue weighted by Gasteiger charge is -2.17. The SMILES string of the molecule is CC(C)(C)Cc1cc(Oc2ccc(-n3nc(C#N)c(=O)[nH]c3=O)cc2Cl)n[nH]c1=O. The predicted molar refractivity (Wildman–Crippen MR) is 108 cm³/mol. The molecule has 0 atom stereocenters. The lowest BCUT2D eigenvalue weighted by Crippen LogP contribution is -2.33. The van der Waals surface area contributed by atoms with Gasteiger partial charge in [-0.15, -0.1) is 10.2 Å². The molecule has 0 unspecified atom stereocenters. The van der Waals surface area contributed by atoms with Crippen LogP contribution in [0.2, 0.25) is 5.02 Å². The normalized spacial score (nSPS) is 11.2. The summed E-state index contributed by atoms with van der Waals surface area (Å²) in [7, 11) is 0. The van der Waals surface area contributed by atoms with E-state index in [1.54, 1.807) is 12.1 Å². The highest BCUT2D eigenvalue weighted by Gasteiger charge is 2.16. The summed E-state index contributed by atoms with van der Waals surface area (Å²) in [5, 5.41) is 19.0. The van der Waals surface area contributed by atoms with E-state index < -0.39 is 16.9 Å². The van der Waals surface area contributed by atoms with Crippen molar-refractivity contribution in [1.29, 1.82) is 5.26 Å². The first-order chi connectivity index (χ1) is 14.1. The number of aromatic amines is 2. The van der Waals surface area contributed by atoms with Gasteiger partial charge in [-0.3, -0.25) is 14.6 Å². The summed E-state index contributed by atoms with van der Waals surface area (Å²) < 4.78 is 6.52. The highest BCUT2D eigenvalue weighted by Crippen LogP contribution is 2.30. The molecule has 0 saturated carbocycles. The summed E-state index contributed by atoms with van der Waals surface area (Å²) in [6, 6.07) is 7.47. The molecule has 0 aliphatic heterocycles. The molecule has 30 heavy (non-hydrogen) atoms. The topological polar surface area (TPSA) is 147 Å². The molecule has 0 saturated heterocycles. The van der Waals surface area contributed by atoms with Crippen molar-refractivity contribution in [2.24, 2.45) is 5.41 Å². The molecule has 0 radical (unpaired) electrons. The third kappa shape index (κ3) is 4.64. The number of nitriles is 1. The fourth-order valence-electron chi connectivity index (χ4n) is 2.64. The van der Waals surface area contributed by atoms with Crippen LogP contribution in [0.4, 0.5) is 0 Å². The van der Waals surface area contributed by atoms with Gasteiger partial charge >= 0.3 is 5.69 Å². The molecule has 0 aliphatic rings. The average Bonchev–Trinajstić information content (AvgIpc) is 2.65. The van der Waals surface area contributed by atoms with Gasteiger partial charge in [-0.05, 0) is 30.0 Å². The highest BCUT2D eigenvalue weighted by atomic mass is 35.5. The number of nitrogens with one attached hydrogen (secondary N) is 2. The van der Waals surface area contributed by atoms with E-state index >= 15 is 0 Å². The van der Waals surface area contributed by atoms with E-state index in [4.69, 9.17) is 21.6 Å². The van der Waals surface area contributed by atoms with Gasteiger partial charge in [0, 0.05) is 11.6 Å². The van der Waals surface area contributed by atoms with E-state index in [-0.39, 0.29) is 33.3 Å². The van der Waals surface area contributed by atoms with Crippen molar-refractivity contribution in [3.05, 3.63) is 71.7 Å². The number of benzene rings is 1. The standard InChI is InChI=1S/C19H17ClN6O4/c1-19(2,3)8-10-6-15(23-24-16(10)27)30-14-5-4-11(7-12(14)20)26-18(29)22-17(28)13(9-21)25-26/h4-7H,8H2,1-3H3,(H,24,27)(H,22,28,29). The van der Waals surface area contributed by atoms with Gasteiger partial charge < -0.3 is 4.74 Å². The molecule has 0 aliphatic carbocycles. The number of hydrogen-bond acceptors (Lipinski definition) is 7. The molecule has 3 aromatic rings. The number of rotatable bonds is 4. The third-order valence-corrected chi connectivity index (χ3v) is 4.18. The van der Waals surface area contributed by atoms with Gasteiger partial charge in [0.05, 0.1) is 10.7 Å². The van der Waals surface area contributed by atoms with Gasteiger partial charge in [-0.25, -0.2) is 9.89 Å². The molecule has 3 rings (SSSR count). The number of halogens is 1. The molecular weight excluding hydrogens is 412 g/mol. The fourth-order valence-corrected chi connectivity index (χ4v) is 2.86. The summed E-state index contributed by atoms with van der Waals surface area (Å²) >= 11 is 6.26. The van der Waals surface area contributed by atoms with Crippen molar-refractivity contribution in [2.75, 3.05) is 0 Å². The van der Waals surface area contributed by atoms with Crippen molar-refractivity contribution in [3.63, 3.8) is 0 Å². The third-order valence-electron chi connectivity index (χ3n) is 3.89. The first-order valence-electron chi connectivity index (χ1n) is 8.77. The Balaban J connectivity index is 1.93. The van der Waals surface area contributed by atoms with Crippen molar-refractivity contribution in [3.8, 4) is 23.4 Å². The molecule has 0 fully saturated rings. The van der Waals surface area contributed by atoms with Crippen molar-refractivity contribution in [1.82, 2.24) is 25.0 Å². The zero-order chi connectivity index (χ0) is 22.1. The van der Waals surface area contributed by atoms with Gasteiger partial charge in [-0.1, -0.05) is 32.4 Å². The fraction of sp³-hybridized carbons (Fsp3) is 0.263. The zero-order valence-electron chi connectivity index (χ0n) is 16.3. The van der Waals surface area contributed by atoms with Gasteiger partial charge in [0.1, 0.15) is 11.8 Å². The summed E-state index contributed by atoms with van der Waals surface area (Å²) in [4.78, 5) is 37.5. The molecule has 10 nitrogen and oxygen atoms in total. The van der Waals surface area contributed by atoms with Crippen LogP contribution < -0.4 is 21.5 Å². The van der Waals surface area contributed by atoms with Gasteiger partial charge in [0.2, 0.25) is 11.6 Å². The maximum atomic E-state index is 12.0. The van der Waals surface area contributed by atoms with Crippen LogP contribution in [0, 0.1) is 16.7 Å². The van der Waals surface area contributed by atoms with E-state index in [1.165, 1.54) is 18.2 Å². The monoisotopic (exact) mass is 428 g/mol. The Morgan fingerprint density at radius 1 is 1.20 bits per heavy atom. The van der Waals surface area contributed by atoms with Crippen LogP contribution in [0.5, 0.6) is 11.6 Å². The van der Waals surface area contributed by atoms with Crippen LogP contribution in [0.3, 0.4) is 0 Å². The number of ether oxygens (including phenoxy) is 1. The number of H-pyrrole nitrogens is 2. The van der Waals surface area contributed by atoms with E-state index in [0.717, 1.165) is 4.68 Å². The minimum atomic E-state index is -0.875. The first kappa shape index (κ1) is 21.0. The molecule has 154 valence electrons. The second-order valence-electron chi connectivity index (χ2n) is 7.65. The Morgan fingerprint density at radius 2 is 1.93 bits per heavy atom.